The zero-order valence-electron chi connectivity index (χ0n) is 10.6. The molecule has 0 aliphatic carbocycles. The van der Waals surface area contributed by atoms with E-state index in [1.165, 1.54) is 0 Å². The number of aliphatic hydroxyl groups is 1. The molecule has 16 heavy (non-hydrogen) atoms. The van der Waals surface area contributed by atoms with Crippen LogP contribution in [0.15, 0.2) is 0 Å². The van der Waals surface area contributed by atoms with Crippen molar-refractivity contribution < 1.29 is 9.90 Å². The van der Waals surface area contributed by atoms with E-state index in [0.717, 1.165) is 19.4 Å². The number of Topliss-reactive ketones (excluding diaryl/α,β-unsaturated/α-hetero) is 1. The van der Waals surface area contributed by atoms with Crippen molar-refractivity contribution >= 4 is 5.78 Å². The van der Waals surface area contributed by atoms with Crippen LogP contribution >= 0.6 is 0 Å². The molecular formula is C12H24N2O2. The molecule has 94 valence electrons. The van der Waals surface area contributed by atoms with Gasteiger partial charge in [0.25, 0.3) is 0 Å². The highest BCUT2D eigenvalue weighted by atomic mass is 16.3. The molecule has 0 radical (unpaired) electrons. The number of carbonyl (C=O) groups excluding carboxylic acids is 1. The molecule has 4 nitrogen and oxygen atoms in total. The lowest BCUT2D eigenvalue weighted by atomic mass is 10.1. The van der Waals surface area contributed by atoms with E-state index in [1.807, 2.05) is 21.0 Å². The van der Waals surface area contributed by atoms with Crippen molar-refractivity contribution in [2.24, 2.45) is 0 Å². The molecule has 0 saturated carbocycles. The van der Waals surface area contributed by atoms with Gasteiger partial charge in [-0.05, 0) is 26.9 Å². The van der Waals surface area contributed by atoms with Crippen molar-refractivity contribution in [3.63, 3.8) is 0 Å². The number of hydrogen-bond acceptors (Lipinski definition) is 4. The number of likely N-dealkylation sites (N-methyl/N-ethyl adjacent to an activating group) is 1. The lowest BCUT2D eigenvalue weighted by molar-refractivity contribution is -0.120. The van der Waals surface area contributed by atoms with Crippen LogP contribution in [-0.2, 0) is 4.79 Å². The first kappa shape index (κ1) is 13.6. The summed E-state index contributed by atoms with van der Waals surface area (Å²) in [6.07, 6.45) is 2.09. The van der Waals surface area contributed by atoms with Gasteiger partial charge in [0.1, 0.15) is 5.78 Å². The number of aliphatic hydroxyl groups excluding tert-OH is 1. The quantitative estimate of drug-likeness (QED) is 0.712. The minimum Gasteiger partial charge on any atom is -0.392 e. The molecule has 0 aromatic heterocycles. The fraction of sp³-hybridized carbons (Fsp3) is 0.917. The van der Waals surface area contributed by atoms with Crippen LogP contribution in [0.5, 0.6) is 0 Å². The van der Waals surface area contributed by atoms with E-state index in [2.05, 4.69) is 9.80 Å². The van der Waals surface area contributed by atoms with Crippen molar-refractivity contribution in [2.45, 2.75) is 38.3 Å². The topological polar surface area (TPSA) is 43.8 Å². The number of rotatable bonds is 6. The molecule has 2 unspecified atom stereocenters. The third kappa shape index (κ3) is 4.20. The SMILES string of the molecule is CCCC(=O)CN1CC(O)CC1CN(C)C. The maximum Gasteiger partial charge on any atom is 0.146 e. The molecule has 0 bridgehead atoms. The Hall–Kier alpha value is -0.450. The van der Waals surface area contributed by atoms with Crippen LogP contribution < -0.4 is 0 Å². The second-order valence-corrected chi connectivity index (χ2v) is 5.02. The van der Waals surface area contributed by atoms with Crippen LogP contribution in [0.2, 0.25) is 0 Å². The van der Waals surface area contributed by atoms with Gasteiger partial charge in [0.2, 0.25) is 0 Å². The van der Waals surface area contributed by atoms with Crippen molar-refractivity contribution in [1.82, 2.24) is 9.80 Å². The number of nitrogens with zero attached hydrogens (tertiary/aromatic N) is 2. The molecule has 1 N–H and O–H groups in total. The van der Waals surface area contributed by atoms with E-state index in [-0.39, 0.29) is 6.10 Å². The smallest absolute Gasteiger partial charge is 0.146 e. The van der Waals surface area contributed by atoms with Gasteiger partial charge in [-0.25, -0.2) is 0 Å². The summed E-state index contributed by atoms with van der Waals surface area (Å²) in [5.74, 6) is 0.292. The summed E-state index contributed by atoms with van der Waals surface area (Å²) in [7, 11) is 4.05. The average Bonchev–Trinajstić information content (AvgIpc) is 2.45. The van der Waals surface area contributed by atoms with Gasteiger partial charge in [0, 0.05) is 25.6 Å². The standard InChI is InChI=1S/C12H24N2O2/c1-4-5-11(15)8-14-9-12(16)6-10(14)7-13(2)3/h10,12,16H,4-9H2,1-3H3. The Balaban J connectivity index is 2.45. The Kier molecular flexibility index (Phi) is 5.38. The number of β-amino-alcohol motifs (C(OH)–C–C–N with tert-alkyl or cyclic N) is 1. The van der Waals surface area contributed by atoms with Gasteiger partial charge in [-0.1, -0.05) is 6.92 Å². The van der Waals surface area contributed by atoms with Gasteiger partial charge in [-0.2, -0.15) is 0 Å². The van der Waals surface area contributed by atoms with E-state index < -0.39 is 0 Å². The van der Waals surface area contributed by atoms with Crippen LogP contribution in [0.3, 0.4) is 0 Å². The van der Waals surface area contributed by atoms with Crippen LogP contribution in [0.25, 0.3) is 0 Å². The second-order valence-electron chi connectivity index (χ2n) is 5.02. The monoisotopic (exact) mass is 228 g/mol. The molecule has 4 heteroatoms. The molecule has 0 spiro atoms. The van der Waals surface area contributed by atoms with Crippen LogP contribution in [0.4, 0.5) is 0 Å². The first-order valence-electron chi connectivity index (χ1n) is 6.11. The van der Waals surface area contributed by atoms with E-state index >= 15 is 0 Å². The highest BCUT2D eigenvalue weighted by Gasteiger charge is 2.31. The molecule has 1 rings (SSSR count). The first-order chi connectivity index (χ1) is 7.52. The number of carbonyl (C=O) groups is 1. The number of likely N-dealkylation sites (tertiary alicyclic amines) is 1. The van der Waals surface area contributed by atoms with Crippen LogP contribution in [0, 0.1) is 0 Å². The highest BCUT2D eigenvalue weighted by molar-refractivity contribution is 5.80. The minimum atomic E-state index is -0.264. The van der Waals surface area contributed by atoms with Crippen molar-refractivity contribution in [1.29, 1.82) is 0 Å². The fourth-order valence-corrected chi connectivity index (χ4v) is 2.35. The molecule has 0 aromatic rings. The molecule has 1 fully saturated rings. The molecule has 1 saturated heterocycles. The summed E-state index contributed by atoms with van der Waals surface area (Å²) < 4.78 is 0. The van der Waals surface area contributed by atoms with Crippen molar-refractivity contribution in [2.75, 3.05) is 33.7 Å². The van der Waals surface area contributed by atoms with Crippen molar-refractivity contribution in [3.8, 4) is 0 Å². The molecule has 0 amide bonds. The van der Waals surface area contributed by atoms with Gasteiger partial charge in [0.05, 0.1) is 12.6 Å². The second kappa shape index (κ2) is 6.33. The lowest BCUT2D eigenvalue weighted by Gasteiger charge is -2.25. The summed E-state index contributed by atoms with van der Waals surface area (Å²) in [4.78, 5) is 15.8. The predicted octanol–water partition coefficient (Wildman–Crippen LogP) is 0.352. The minimum absolute atomic E-state index is 0.264. The Morgan fingerprint density at radius 1 is 1.50 bits per heavy atom. The van der Waals surface area contributed by atoms with Gasteiger partial charge in [0.15, 0.2) is 0 Å². The molecular weight excluding hydrogens is 204 g/mol. The molecule has 1 aliphatic rings. The highest BCUT2D eigenvalue weighted by Crippen LogP contribution is 2.18. The van der Waals surface area contributed by atoms with Gasteiger partial charge < -0.3 is 10.0 Å². The van der Waals surface area contributed by atoms with E-state index in [9.17, 15) is 9.90 Å². The van der Waals surface area contributed by atoms with Gasteiger partial charge in [-0.15, -0.1) is 0 Å². The number of hydrogen-bond donors (Lipinski definition) is 1. The summed E-state index contributed by atoms with van der Waals surface area (Å²) in [5.41, 5.74) is 0. The van der Waals surface area contributed by atoms with Crippen molar-refractivity contribution in [3.05, 3.63) is 0 Å². The van der Waals surface area contributed by atoms with Crippen LogP contribution in [0.1, 0.15) is 26.2 Å². The summed E-state index contributed by atoms with van der Waals surface area (Å²) >= 11 is 0. The van der Waals surface area contributed by atoms with Crippen LogP contribution in [-0.4, -0.2) is 66.6 Å². The van der Waals surface area contributed by atoms with E-state index in [1.54, 1.807) is 0 Å². The predicted molar refractivity (Wildman–Crippen MR) is 64.5 cm³/mol. The first-order valence-corrected chi connectivity index (χ1v) is 6.11. The summed E-state index contributed by atoms with van der Waals surface area (Å²) in [6.45, 7) is 4.09. The summed E-state index contributed by atoms with van der Waals surface area (Å²) in [5, 5.41) is 9.65. The van der Waals surface area contributed by atoms with E-state index in [0.29, 0.717) is 31.3 Å². The molecule has 1 aliphatic heterocycles. The molecule has 2 atom stereocenters. The zero-order chi connectivity index (χ0) is 12.1. The largest absolute Gasteiger partial charge is 0.392 e. The Morgan fingerprint density at radius 3 is 2.75 bits per heavy atom. The summed E-state index contributed by atoms with van der Waals surface area (Å²) in [6, 6.07) is 0.325. The maximum absolute atomic E-state index is 11.6. The maximum atomic E-state index is 11.6. The lowest BCUT2D eigenvalue weighted by Crippen LogP contribution is -2.40. The fourth-order valence-electron chi connectivity index (χ4n) is 2.35. The molecule has 0 aromatic carbocycles. The van der Waals surface area contributed by atoms with Gasteiger partial charge in [-0.3, -0.25) is 9.69 Å². The Labute approximate surface area is 98.2 Å². The third-order valence-electron chi connectivity index (χ3n) is 2.99. The average molecular weight is 228 g/mol. The third-order valence-corrected chi connectivity index (χ3v) is 2.99. The molecule has 1 heterocycles. The van der Waals surface area contributed by atoms with E-state index in [4.69, 9.17) is 0 Å². The number of ketones is 1. The van der Waals surface area contributed by atoms with Gasteiger partial charge >= 0.3 is 0 Å². The Bertz CT molecular complexity index is 231. The zero-order valence-corrected chi connectivity index (χ0v) is 10.6. The normalized spacial score (nSPS) is 26.6. The Morgan fingerprint density at radius 2 is 2.19 bits per heavy atom.